The third kappa shape index (κ3) is 2.46. The van der Waals surface area contributed by atoms with E-state index in [1.807, 2.05) is 0 Å². The first-order valence-corrected chi connectivity index (χ1v) is 7.58. The van der Waals surface area contributed by atoms with Crippen molar-refractivity contribution >= 4 is 42.9 Å². The van der Waals surface area contributed by atoms with E-state index < -0.39 is 20.4 Å². The van der Waals surface area contributed by atoms with Crippen LogP contribution in [0, 0.1) is 0 Å². The molecule has 0 aliphatic carbocycles. The zero-order chi connectivity index (χ0) is 11.9. The molecule has 0 N–H and O–H groups in total. The molecule has 0 aliphatic rings. The number of Topliss-reactive ketones (excluding diaryl/α,β-unsaturated/α-hetero) is 1. The minimum atomic E-state index is -3.44. The number of nitrogens with zero attached hydrogens (tertiary/aromatic N) is 1. The molecule has 0 aromatic carbocycles. The van der Waals surface area contributed by atoms with E-state index >= 15 is 0 Å². The lowest BCUT2D eigenvalue weighted by Gasteiger charge is -2.18. The van der Waals surface area contributed by atoms with Crippen LogP contribution in [-0.2, 0) is 9.84 Å². The first kappa shape index (κ1) is 12.8. The molecule has 84 valence electrons. The number of aromatic nitrogens is 1. The van der Waals surface area contributed by atoms with E-state index in [9.17, 15) is 13.2 Å². The Morgan fingerprint density at radius 2 is 2.07 bits per heavy atom. The number of sulfone groups is 1. The molecule has 1 heterocycles. The van der Waals surface area contributed by atoms with Crippen molar-refractivity contribution in [3.8, 4) is 0 Å². The van der Waals surface area contributed by atoms with Crippen molar-refractivity contribution < 1.29 is 13.2 Å². The van der Waals surface area contributed by atoms with Crippen molar-refractivity contribution in [2.24, 2.45) is 0 Å². The number of hydrogen-bond acceptors (Lipinski definition) is 5. The van der Waals surface area contributed by atoms with Gasteiger partial charge in [0.15, 0.2) is 14.8 Å². The number of rotatable bonds is 3. The van der Waals surface area contributed by atoms with Gasteiger partial charge in [-0.2, -0.15) is 0 Å². The number of hydrogen-bond donors (Lipinski definition) is 0. The molecule has 15 heavy (non-hydrogen) atoms. The highest BCUT2D eigenvalue weighted by Crippen LogP contribution is 2.24. The Bertz CT molecular complexity index is 490. The van der Waals surface area contributed by atoms with Crippen LogP contribution >= 0.6 is 27.3 Å². The van der Waals surface area contributed by atoms with E-state index in [0.717, 1.165) is 17.6 Å². The van der Waals surface area contributed by atoms with Gasteiger partial charge in [0.05, 0.1) is 0 Å². The van der Waals surface area contributed by atoms with E-state index in [1.165, 1.54) is 13.8 Å². The second kappa shape index (κ2) is 3.95. The standard InChI is InChI=1S/C8H10BrNO3S2/c1-8(2,15(3,12)13)6(11)7-10-5(9)4-14-7/h4H,1-3H3. The Balaban J connectivity index is 3.16. The molecular weight excluding hydrogens is 302 g/mol. The smallest absolute Gasteiger partial charge is 0.211 e. The van der Waals surface area contributed by atoms with Gasteiger partial charge >= 0.3 is 0 Å². The fourth-order valence-electron chi connectivity index (χ4n) is 0.784. The van der Waals surface area contributed by atoms with Gasteiger partial charge in [0.2, 0.25) is 5.78 Å². The van der Waals surface area contributed by atoms with E-state index in [0.29, 0.717) is 4.60 Å². The van der Waals surface area contributed by atoms with Gasteiger partial charge in [0.25, 0.3) is 0 Å². The van der Waals surface area contributed by atoms with Crippen molar-refractivity contribution in [1.82, 2.24) is 4.98 Å². The first-order valence-electron chi connectivity index (χ1n) is 4.01. The highest BCUT2D eigenvalue weighted by Gasteiger charge is 2.40. The molecule has 4 nitrogen and oxygen atoms in total. The molecule has 1 aromatic rings. The third-order valence-electron chi connectivity index (χ3n) is 2.14. The average Bonchev–Trinajstić information content (AvgIpc) is 2.48. The molecule has 0 unspecified atom stereocenters. The van der Waals surface area contributed by atoms with E-state index in [1.54, 1.807) is 5.38 Å². The highest BCUT2D eigenvalue weighted by atomic mass is 79.9. The van der Waals surface area contributed by atoms with Crippen LogP contribution in [0.2, 0.25) is 0 Å². The maximum Gasteiger partial charge on any atom is 0.211 e. The Morgan fingerprint density at radius 3 is 2.40 bits per heavy atom. The van der Waals surface area contributed by atoms with Crippen LogP contribution in [-0.4, -0.2) is 30.2 Å². The number of carbonyl (C=O) groups is 1. The van der Waals surface area contributed by atoms with Crippen LogP contribution in [0.3, 0.4) is 0 Å². The van der Waals surface area contributed by atoms with E-state index in [-0.39, 0.29) is 5.01 Å². The van der Waals surface area contributed by atoms with Crippen LogP contribution in [0.1, 0.15) is 23.6 Å². The van der Waals surface area contributed by atoms with Gasteiger partial charge in [-0.15, -0.1) is 11.3 Å². The summed E-state index contributed by atoms with van der Waals surface area (Å²) in [5.41, 5.74) is 0. The summed E-state index contributed by atoms with van der Waals surface area (Å²) in [6.07, 6.45) is 1.05. The second-order valence-electron chi connectivity index (χ2n) is 3.59. The van der Waals surface area contributed by atoms with E-state index in [4.69, 9.17) is 0 Å². The van der Waals surface area contributed by atoms with Crippen molar-refractivity contribution in [3.63, 3.8) is 0 Å². The van der Waals surface area contributed by atoms with Crippen LogP contribution in [0.25, 0.3) is 0 Å². The quantitative estimate of drug-likeness (QED) is 0.800. The number of thiazole rings is 1. The molecule has 0 aliphatic heterocycles. The average molecular weight is 312 g/mol. The maximum absolute atomic E-state index is 11.9. The summed E-state index contributed by atoms with van der Waals surface area (Å²) < 4.78 is 22.0. The number of carbonyl (C=O) groups excluding carboxylic acids is 1. The minimum absolute atomic E-state index is 0.206. The second-order valence-corrected chi connectivity index (χ2v) is 7.82. The molecule has 7 heteroatoms. The summed E-state index contributed by atoms with van der Waals surface area (Å²) in [6, 6.07) is 0. The Kier molecular flexibility index (Phi) is 3.37. The molecule has 0 fully saturated rings. The van der Waals surface area contributed by atoms with Gasteiger partial charge in [0.1, 0.15) is 9.35 Å². The normalized spacial score (nSPS) is 12.8. The maximum atomic E-state index is 11.9. The Labute approximate surface area is 101 Å². The summed E-state index contributed by atoms with van der Waals surface area (Å²) in [5.74, 6) is -0.472. The molecule has 0 radical (unpaired) electrons. The highest BCUT2D eigenvalue weighted by molar-refractivity contribution is 9.10. The molecular formula is C8H10BrNO3S2. The van der Waals surface area contributed by atoms with E-state index in [2.05, 4.69) is 20.9 Å². The van der Waals surface area contributed by atoms with Gasteiger partial charge in [-0.05, 0) is 29.8 Å². The summed E-state index contributed by atoms with van der Waals surface area (Å²) in [5, 5.41) is 1.85. The van der Waals surface area contributed by atoms with Gasteiger partial charge in [-0.25, -0.2) is 13.4 Å². The lowest BCUT2D eigenvalue weighted by molar-refractivity contribution is 0.0953. The van der Waals surface area contributed by atoms with Crippen LogP contribution in [0.5, 0.6) is 0 Å². The van der Waals surface area contributed by atoms with Crippen molar-refractivity contribution in [2.45, 2.75) is 18.6 Å². The minimum Gasteiger partial charge on any atom is -0.290 e. The van der Waals surface area contributed by atoms with Gasteiger partial charge in [-0.1, -0.05) is 0 Å². The van der Waals surface area contributed by atoms with Crippen molar-refractivity contribution in [3.05, 3.63) is 15.0 Å². The summed E-state index contributed by atoms with van der Waals surface area (Å²) >= 11 is 4.24. The topological polar surface area (TPSA) is 64.1 Å². The molecule has 0 spiro atoms. The van der Waals surface area contributed by atoms with Gasteiger partial charge in [0, 0.05) is 11.6 Å². The van der Waals surface area contributed by atoms with Crippen LogP contribution in [0.15, 0.2) is 9.98 Å². The summed E-state index contributed by atoms with van der Waals surface area (Å²) in [4.78, 5) is 15.8. The molecule has 1 rings (SSSR count). The molecule has 0 atom stereocenters. The molecule has 1 aromatic heterocycles. The van der Waals surface area contributed by atoms with Gasteiger partial charge in [-0.3, -0.25) is 4.79 Å². The Hall–Kier alpha value is -0.270. The Morgan fingerprint density at radius 1 is 1.53 bits per heavy atom. The van der Waals surface area contributed by atoms with Crippen molar-refractivity contribution in [2.75, 3.05) is 6.26 Å². The van der Waals surface area contributed by atoms with Crippen molar-refractivity contribution in [1.29, 1.82) is 0 Å². The summed E-state index contributed by atoms with van der Waals surface area (Å²) in [6.45, 7) is 2.78. The molecule has 0 bridgehead atoms. The third-order valence-corrected chi connectivity index (χ3v) is 5.73. The molecule has 0 amide bonds. The zero-order valence-corrected chi connectivity index (χ0v) is 11.7. The SMILES string of the molecule is CC(C)(C(=O)c1nc(Br)cs1)S(C)(=O)=O. The van der Waals surface area contributed by atoms with Crippen LogP contribution in [0.4, 0.5) is 0 Å². The number of ketones is 1. The molecule has 0 saturated heterocycles. The largest absolute Gasteiger partial charge is 0.290 e. The van der Waals surface area contributed by atoms with Crippen LogP contribution < -0.4 is 0 Å². The summed E-state index contributed by atoms with van der Waals surface area (Å²) in [7, 11) is -3.44. The lowest BCUT2D eigenvalue weighted by atomic mass is 10.1. The lowest BCUT2D eigenvalue weighted by Crippen LogP contribution is -2.39. The molecule has 0 saturated carbocycles. The first-order chi connectivity index (χ1) is 6.66. The fraction of sp³-hybridized carbons (Fsp3) is 0.500. The predicted octanol–water partition coefficient (Wildman–Crippen LogP) is 1.91. The monoisotopic (exact) mass is 311 g/mol. The number of halogens is 1. The van der Waals surface area contributed by atoms with Gasteiger partial charge < -0.3 is 0 Å². The zero-order valence-electron chi connectivity index (χ0n) is 8.44. The fourth-order valence-corrected chi connectivity index (χ4v) is 2.63. The predicted molar refractivity (Wildman–Crippen MR) is 63.1 cm³/mol.